The Morgan fingerprint density at radius 1 is 1.33 bits per heavy atom. The Labute approximate surface area is 112 Å². The van der Waals surface area contributed by atoms with Crippen molar-refractivity contribution in [1.29, 1.82) is 0 Å². The van der Waals surface area contributed by atoms with Crippen LogP contribution < -0.4 is 10.6 Å². The average molecular weight is 381 g/mol. The van der Waals surface area contributed by atoms with Crippen molar-refractivity contribution in [2.75, 3.05) is 18.0 Å². The third-order valence-corrected chi connectivity index (χ3v) is 4.15. The van der Waals surface area contributed by atoms with Crippen LogP contribution in [0.25, 0.3) is 0 Å². The molecule has 1 aliphatic heterocycles. The van der Waals surface area contributed by atoms with Gasteiger partial charge in [0, 0.05) is 27.2 Å². The minimum atomic E-state index is 0.398. The molecule has 0 atom stereocenters. The van der Waals surface area contributed by atoms with Gasteiger partial charge in [-0.25, -0.2) is 0 Å². The van der Waals surface area contributed by atoms with E-state index in [2.05, 4.69) is 61.6 Å². The molecule has 0 saturated carbocycles. The second-order valence-corrected chi connectivity index (χ2v) is 6.00. The first-order valence-electron chi connectivity index (χ1n) is 5.12. The number of hydrogen-bond acceptors (Lipinski definition) is 2. The molecule has 1 fully saturated rings. The van der Waals surface area contributed by atoms with Crippen molar-refractivity contribution in [2.24, 2.45) is 5.73 Å². The Kier molecular flexibility index (Phi) is 3.90. The Bertz CT molecular complexity index is 348. The highest BCUT2D eigenvalue weighted by atomic mass is 127. The predicted molar refractivity (Wildman–Crippen MR) is 76.3 cm³/mol. The van der Waals surface area contributed by atoms with E-state index in [-0.39, 0.29) is 0 Å². The lowest BCUT2D eigenvalue weighted by Crippen LogP contribution is -2.39. The lowest BCUT2D eigenvalue weighted by atomic mass is 10.1. The van der Waals surface area contributed by atoms with E-state index in [0.717, 1.165) is 30.4 Å². The van der Waals surface area contributed by atoms with Crippen LogP contribution in [-0.4, -0.2) is 19.1 Å². The summed E-state index contributed by atoms with van der Waals surface area (Å²) in [5, 5.41) is 0. The van der Waals surface area contributed by atoms with E-state index >= 15 is 0 Å². The molecule has 82 valence electrons. The molecule has 0 bridgehead atoms. The second kappa shape index (κ2) is 5.01. The van der Waals surface area contributed by atoms with E-state index in [4.69, 9.17) is 5.73 Å². The van der Waals surface area contributed by atoms with Gasteiger partial charge in [0.2, 0.25) is 0 Å². The van der Waals surface area contributed by atoms with Gasteiger partial charge in [-0.15, -0.1) is 0 Å². The fourth-order valence-electron chi connectivity index (χ4n) is 1.88. The van der Waals surface area contributed by atoms with E-state index in [1.807, 2.05) is 0 Å². The average Bonchev–Trinajstić information content (AvgIpc) is 2.20. The fourth-order valence-corrected chi connectivity index (χ4v) is 3.52. The summed E-state index contributed by atoms with van der Waals surface area (Å²) < 4.78 is 2.45. The van der Waals surface area contributed by atoms with Crippen molar-refractivity contribution in [3.05, 3.63) is 26.2 Å². The molecule has 0 spiro atoms. The topological polar surface area (TPSA) is 29.3 Å². The number of anilines is 1. The normalized spacial score (nSPS) is 18.2. The van der Waals surface area contributed by atoms with Crippen molar-refractivity contribution in [1.82, 2.24) is 0 Å². The molecule has 2 rings (SSSR count). The Morgan fingerprint density at radius 3 is 2.60 bits per heavy atom. The summed E-state index contributed by atoms with van der Waals surface area (Å²) in [4.78, 5) is 2.43. The van der Waals surface area contributed by atoms with Gasteiger partial charge in [0.25, 0.3) is 0 Å². The van der Waals surface area contributed by atoms with Crippen LogP contribution in [-0.2, 0) is 0 Å². The lowest BCUT2D eigenvalue weighted by molar-refractivity contribution is 0.501. The van der Waals surface area contributed by atoms with Crippen molar-refractivity contribution < 1.29 is 0 Å². The highest BCUT2D eigenvalue weighted by molar-refractivity contribution is 14.1. The van der Waals surface area contributed by atoms with Crippen LogP contribution in [0.15, 0.2) is 22.7 Å². The fraction of sp³-hybridized carbons (Fsp3) is 0.455. The van der Waals surface area contributed by atoms with Gasteiger partial charge in [-0.3, -0.25) is 0 Å². The first-order valence-corrected chi connectivity index (χ1v) is 6.99. The molecular weight excluding hydrogens is 367 g/mol. The van der Waals surface area contributed by atoms with Crippen molar-refractivity contribution in [2.45, 2.75) is 18.9 Å². The number of benzene rings is 1. The summed E-state index contributed by atoms with van der Waals surface area (Å²) in [6.45, 7) is 2.16. The van der Waals surface area contributed by atoms with E-state index in [1.165, 1.54) is 9.26 Å². The largest absolute Gasteiger partial charge is 0.371 e. The van der Waals surface area contributed by atoms with E-state index in [9.17, 15) is 0 Å². The van der Waals surface area contributed by atoms with Crippen LogP contribution in [0, 0.1) is 3.57 Å². The standard InChI is InChI=1S/C11H14BrIN2/c12-8-1-2-11(10(13)7-8)15-5-3-9(14)4-6-15/h1-2,7,9H,3-6,14H2. The zero-order chi connectivity index (χ0) is 10.8. The number of halogens is 2. The third kappa shape index (κ3) is 2.85. The van der Waals surface area contributed by atoms with Gasteiger partial charge in [-0.1, -0.05) is 15.9 Å². The molecule has 1 heterocycles. The summed E-state index contributed by atoms with van der Waals surface area (Å²) in [6.07, 6.45) is 2.21. The van der Waals surface area contributed by atoms with Crippen LogP contribution in [0.4, 0.5) is 5.69 Å². The Morgan fingerprint density at radius 2 is 2.00 bits per heavy atom. The van der Waals surface area contributed by atoms with Gasteiger partial charge in [0.15, 0.2) is 0 Å². The number of nitrogens with zero attached hydrogens (tertiary/aromatic N) is 1. The first kappa shape index (κ1) is 11.7. The number of rotatable bonds is 1. The first-order chi connectivity index (χ1) is 7.16. The molecule has 15 heavy (non-hydrogen) atoms. The molecule has 1 aliphatic rings. The Balaban J connectivity index is 2.15. The maximum atomic E-state index is 5.90. The zero-order valence-electron chi connectivity index (χ0n) is 8.42. The number of nitrogens with two attached hydrogens (primary N) is 1. The quantitative estimate of drug-likeness (QED) is 0.759. The van der Waals surface area contributed by atoms with Crippen molar-refractivity contribution in [3.8, 4) is 0 Å². The highest BCUT2D eigenvalue weighted by Gasteiger charge is 2.17. The maximum absolute atomic E-state index is 5.90. The van der Waals surface area contributed by atoms with Crippen LogP contribution in [0.3, 0.4) is 0 Å². The maximum Gasteiger partial charge on any atom is 0.0502 e. The molecule has 1 aromatic carbocycles. The monoisotopic (exact) mass is 380 g/mol. The molecule has 1 saturated heterocycles. The molecule has 4 heteroatoms. The second-order valence-electron chi connectivity index (χ2n) is 3.92. The zero-order valence-corrected chi connectivity index (χ0v) is 12.2. The van der Waals surface area contributed by atoms with Gasteiger partial charge in [0.05, 0.1) is 5.69 Å². The van der Waals surface area contributed by atoms with E-state index in [0.29, 0.717) is 6.04 Å². The molecule has 0 unspecified atom stereocenters. The van der Waals surface area contributed by atoms with Gasteiger partial charge < -0.3 is 10.6 Å². The minimum Gasteiger partial charge on any atom is -0.371 e. The highest BCUT2D eigenvalue weighted by Crippen LogP contribution is 2.27. The van der Waals surface area contributed by atoms with Gasteiger partial charge >= 0.3 is 0 Å². The molecule has 1 aromatic rings. The Hall–Kier alpha value is 0.190. The predicted octanol–water partition coefficient (Wildman–Crippen LogP) is 2.98. The molecular formula is C11H14BrIN2. The minimum absolute atomic E-state index is 0.398. The number of hydrogen-bond donors (Lipinski definition) is 1. The molecule has 0 aromatic heterocycles. The SMILES string of the molecule is NC1CCN(c2ccc(Br)cc2I)CC1. The molecule has 2 N–H and O–H groups in total. The van der Waals surface area contributed by atoms with Gasteiger partial charge in [-0.2, -0.15) is 0 Å². The van der Waals surface area contributed by atoms with Crippen LogP contribution in [0.2, 0.25) is 0 Å². The summed E-state index contributed by atoms with van der Waals surface area (Å²) in [7, 11) is 0. The third-order valence-electron chi connectivity index (χ3n) is 2.79. The summed E-state index contributed by atoms with van der Waals surface area (Å²) in [5.41, 5.74) is 7.24. The lowest BCUT2D eigenvalue weighted by Gasteiger charge is -2.32. The smallest absolute Gasteiger partial charge is 0.0502 e. The van der Waals surface area contributed by atoms with Crippen molar-refractivity contribution >= 4 is 44.2 Å². The molecule has 0 aliphatic carbocycles. The number of piperidine rings is 1. The molecule has 2 nitrogen and oxygen atoms in total. The van der Waals surface area contributed by atoms with Crippen LogP contribution in [0.5, 0.6) is 0 Å². The summed E-state index contributed by atoms with van der Waals surface area (Å²) in [6, 6.07) is 6.84. The summed E-state index contributed by atoms with van der Waals surface area (Å²) >= 11 is 5.88. The van der Waals surface area contributed by atoms with E-state index in [1.54, 1.807) is 0 Å². The van der Waals surface area contributed by atoms with Gasteiger partial charge in [-0.05, 0) is 53.6 Å². The molecule has 0 radical (unpaired) electrons. The van der Waals surface area contributed by atoms with Crippen LogP contribution in [0.1, 0.15) is 12.8 Å². The van der Waals surface area contributed by atoms with E-state index < -0.39 is 0 Å². The van der Waals surface area contributed by atoms with Crippen molar-refractivity contribution in [3.63, 3.8) is 0 Å². The summed E-state index contributed by atoms with van der Waals surface area (Å²) in [5.74, 6) is 0. The van der Waals surface area contributed by atoms with Gasteiger partial charge in [0.1, 0.15) is 0 Å². The van der Waals surface area contributed by atoms with Crippen LogP contribution >= 0.6 is 38.5 Å². The molecule has 0 amide bonds.